The molecule has 10 heteroatoms. The van der Waals surface area contributed by atoms with E-state index in [1.807, 2.05) is 24.3 Å². The van der Waals surface area contributed by atoms with E-state index >= 15 is 0 Å². The highest BCUT2D eigenvalue weighted by Gasteiger charge is 2.46. The first-order valence-electron chi connectivity index (χ1n) is 10.8. The van der Waals surface area contributed by atoms with Crippen LogP contribution in [0.1, 0.15) is 35.6 Å². The molecule has 3 aromatic rings. The van der Waals surface area contributed by atoms with Crippen LogP contribution in [-0.2, 0) is 6.42 Å². The third-order valence-electron chi connectivity index (χ3n) is 6.69. The Morgan fingerprint density at radius 1 is 1.24 bits per heavy atom. The number of nitrogens with zero attached hydrogens (tertiary/aromatic N) is 6. The lowest BCUT2D eigenvalue weighted by Crippen LogP contribution is -2.45. The molecule has 0 unspecified atom stereocenters. The Morgan fingerprint density at radius 3 is 2.76 bits per heavy atom. The Morgan fingerprint density at radius 2 is 2.06 bits per heavy atom. The number of fused-ring (bicyclic) bond motifs is 1. The van der Waals surface area contributed by atoms with Crippen molar-refractivity contribution in [3.8, 4) is 6.07 Å². The molecule has 1 fully saturated rings. The number of nitrogens with two attached hydrogens (primary N) is 1. The second-order valence-corrected chi connectivity index (χ2v) is 9.89. The zero-order valence-corrected chi connectivity index (χ0v) is 19.7. The summed E-state index contributed by atoms with van der Waals surface area (Å²) in [5.74, 6) is 1.25. The van der Waals surface area contributed by atoms with Gasteiger partial charge in [0.2, 0.25) is 5.95 Å². The molecule has 2 aromatic heterocycles. The molecule has 8 nitrogen and oxygen atoms in total. The highest BCUT2D eigenvalue weighted by Crippen LogP contribution is 2.51. The van der Waals surface area contributed by atoms with Crippen molar-refractivity contribution in [2.24, 2.45) is 11.1 Å². The van der Waals surface area contributed by atoms with Crippen LogP contribution in [0.5, 0.6) is 0 Å². The van der Waals surface area contributed by atoms with Gasteiger partial charge < -0.3 is 16.0 Å². The number of nitriles is 1. The number of anilines is 2. The van der Waals surface area contributed by atoms with Crippen molar-refractivity contribution in [1.82, 2.24) is 20.2 Å². The number of piperidine rings is 1. The van der Waals surface area contributed by atoms with E-state index in [1.165, 1.54) is 22.9 Å². The minimum atomic E-state index is -0.00664. The van der Waals surface area contributed by atoms with Crippen molar-refractivity contribution in [3.63, 3.8) is 0 Å². The molecule has 0 saturated carbocycles. The first-order chi connectivity index (χ1) is 16.0. The summed E-state index contributed by atoms with van der Waals surface area (Å²) in [7, 11) is 1.78. The number of benzene rings is 1. The molecule has 1 spiro atoms. The molecular weight excluding hydrogens is 456 g/mol. The molecule has 1 aromatic carbocycles. The average molecular weight is 479 g/mol. The molecule has 0 radical (unpaired) electrons. The number of rotatable bonds is 4. The van der Waals surface area contributed by atoms with E-state index in [0.717, 1.165) is 37.2 Å². The molecule has 5 rings (SSSR count). The maximum atomic E-state index is 9.22. The quantitative estimate of drug-likeness (QED) is 0.576. The summed E-state index contributed by atoms with van der Waals surface area (Å²) in [6, 6.07) is 9.95. The number of hydrogen-bond acceptors (Lipinski definition) is 9. The van der Waals surface area contributed by atoms with E-state index < -0.39 is 0 Å². The third-order valence-corrected chi connectivity index (χ3v) is 8.14. The standard InChI is InChI=1S/C23H23ClN8S/c1-27-21-19(24)17(4-7-28-21)33-18-13-29-22(31-30-18)32-8-5-23(6-9-32)11-15-10-14(12-25)2-3-16(15)20(23)26/h2-4,7,10,13,20H,5-6,8-9,11,26H2,1H3,(H,27,28)/t20-/m0/s1. The monoisotopic (exact) mass is 478 g/mol. The fourth-order valence-corrected chi connectivity index (χ4v) is 5.88. The predicted octanol–water partition coefficient (Wildman–Crippen LogP) is 3.83. The predicted molar refractivity (Wildman–Crippen MR) is 128 cm³/mol. The summed E-state index contributed by atoms with van der Waals surface area (Å²) in [5.41, 5.74) is 9.81. The van der Waals surface area contributed by atoms with Gasteiger partial charge in [-0.15, -0.1) is 10.2 Å². The molecule has 3 heterocycles. The molecule has 168 valence electrons. The van der Waals surface area contributed by atoms with Gasteiger partial charge in [0, 0.05) is 37.3 Å². The summed E-state index contributed by atoms with van der Waals surface area (Å²) < 4.78 is 0. The van der Waals surface area contributed by atoms with Gasteiger partial charge in [0.25, 0.3) is 0 Å². The Kier molecular flexibility index (Phi) is 5.83. The first kappa shape index (κ1) is 21.9. The van der Waals surface area contributed by atoms with Crippen LogP contribution < -0.4 is 16.0 Å². The Bertz CT molecular complexity index is 1220. The first-order valence-corrected chi connectivity index (χ1v) is 12.0. The normalized spacial score (nSPS) is 18.7. The fraction of sp³-hybridized carbons (Fsp3) is 0.348. The van der Waals surface area contributed by atoms with Gasteiger partial charge in [-0.2, -0.15) is 5.26 Å². The topological polar surface area (TPSA) is 117 Å². The molecule has 1 aliphatic heterocycles. The smallest absolute Gasteiger partial charge is 0.245 e. The number of hydrogen-bond donors (Lipinski definition) is 2. The lowest BCUT2D eigenvalue weighted by atomic mass is 9.73. The maximum Gasteiger partial charge on any atom is 0.245 e. The van der Waals surface area contributed by atoms with Crippen molar-refractivity contribution in [2.45, 2.75) is 35.2 Å². The Labute approximate surface area is 201 Å². The Hall–Kier alpha value is -2.93. The van der Waals surface area contributed by atoms with Crippen molar-refractivity contribution >= 4 is 35.1 Å². The molecule has 1 saturated heterocycles. The summed E-state index contributed by atoms with van der Waals surface area (Å²) >= 11 is 7.79. The van der Waals surface area contributed by atoms with E-state index in [0.29, 0.717) is 27.4 Å². The maximum absolute atomic E-state index is 9.22. The van der Waals surface area contributed by atoms with Gasteiger partial charge in [0.05, 0.1) is 22.9 Å². The molecule has 0 amide bonds. The summed E-state index contributed by atoms with van der Waals surface area (Å²) in [5, 5.41) is 22.1. The number of nitrogens with one attached hydrogen (secondary N) is 1. The molecule has 1 atom stereocenters. The second kappa shape index (κ2) is 8.78. The van der Waals surface area contributed by atoms with Crippen LogP contribution in [0.15, 0.2) is 46.6 Å². The van der Waals surface area contributed by atoms with Crippen molar-refractivity contribution in [3.05, 3.63) is 58.4 Å². The highest BCUT2D eigenvalue weighted by atomic mass is 35.5. The van der Waals surface area contributed by atoms with E-state index in [2.05, 4.69) is 36.5 Å². The van der Waals surface area contributed by atoms with Gasteiger partial charge in [0.1, 0.15) is 10.8 Å². The SMILES string of the molecule is CNc1nccc(Sc2cnc(N3CCC4(CC3)Cc3cc(C#N)ccc3[C@@H]4N)nn2)c1Cl. The van der Waals surface area contributed by atoms with Crippen molar-refractivity contribution < 1.29 is 0 Å². The minimum absolute atomic E-state index is 0.00664. The van der Waals surface area contributed by atoms with Crippen LogP contribution in [0, 0.1) is 16.7 Å². The van der Waals surface area contributed by atoms with Gasteiger partial charge in [-0.05, 0) is 54.0 Å². The fourth-order valence-electron chi connectivity index (χ4n) is 4.83. The van der Waals surface area contributed by atoms with E-state index in [4.69, 9.17) is 17.3 Å². The molecule has 3 N–H and O–H groups in total. The average Bonchev–Trinajstić information content (AvgIpc) is 3.11. The third kappa shape index (κ3) is 3.99. The zero-order valence-electron chi connectivity index (χ0n) is 18.1. The van der Waals surface area contributed by atoms with E-state index in [1.54, 1.807) is 19.4 Å². The van der Waals surface area contributed by atoms with E-state index in [-0.39, 0.29) is 11.5 Å². The van der Waals surface area contributed by atoms with Gasteiger partial charge in [0.15, 0.2) is 0 Å². The second-order valence-electron chi connectivity index (χ2n) is 8.45. The lowest BCUT2D eigenvalue weighted by molar-refractivity contribution is 0.186. The van der Waals surface area contributed by atoms with Crippen LogP contribution in [-0.4, -0.2) is 40.3 Å². The van der Waals surface area contributed by atoms with Crippen LogP contribution in [0.25, 0.3) is 0 Å². The minimum Gasteiger partial charge on any atom is -0.372 e. The largest absolute Gasteiger partial charge is 0.372 e. The van der Waals surface area contributed by atoms with Gasteiger partial charge in [-0.3, -0.25) is 0 Å². The lowest BCUT2D eigenvalue weighted by Gasteiger charge is -2.42. The van der Waals surface area contributed by atoms with Crippen LogP contribution >= 0.6 is 23.4 Å². The Balaban J connectivity index is 1.25. The van der Waals surface area contributed by atoms with Crippen LogP contribution in [0.2, 0.25) is 5.02 Å². The highest BCUT2D eigenvalue weighted by molar-refractivity contribution is 7.99. The van der Waals surface area contributed by atoms with Crippen LogP contribution in [0.3, 0.4) is 0 Å². The summed E-state index contributed by atoms with van der Waals surface area (Å²) in [4.78, 5) is 11.8. The number of aromatic nitrogens is 4. The molecule has 2 aliphatic rings. The number of pyridine rings is 1. The zero-order chi connectivity index (χ0) is 23.0. The van der Waals surface area contributed by atoms with Gasteiger partial charge >= 0.3 is 0 Å². The van der Waals surface area contributed by atoms with Gasteiger partial charge in [-0.1, -0.05) is 29.4 Å². The van der Waals surface area contributed by atoms with Crippen LogP contribution in [0.4, 0.5) is 11.8 Å². The molecular formula is C23H23ClN8S. The number of halogens is 1. The summed E-state index contributed by atoms with van der Waals surface area (Å²) in [6.07, 6.45) is 6.25. The van der Waals surface area contributed by atoms with Crippen molar-refractivity contribution in [1.29, 1.82) is 5.26 Å². The molecule has 0 bridgehead atoms. The van der Waals surface area contributed by atoms with E-state index in [9.17, 15) is 5.26 Å². The van der Waals surface area contributed by atoms with Crippen molar-refractivity contribution in [2.75, 3.05) is 30.4 Å². The molecule has 33 heavy (non-hydrogen) atoms. The summed E-state index contributed by atoms with van der Waals surface area (Å²) in [6.45, 7) is 1.64. The van der Waals surface area contributed by atoms with Gasteiger partial charge in [-0.25, -0.2) is 9.97 Å². The molecule has 1 aliphatic carbocycles.